The third kappa shape index (κ3) is 4.70. The summed E-state index contributed by atoms with van der Waals surface area (Å²) in [4.78, 5) is 12.1. The Labute approximate surface area is 165 Å². The number of nitrogens with zero attached hydrogens (tertiary/aromatic N) is 2. The van der Waals surface area contributed by atoms with Gasteiger partial charge in [0.15, 0.2) is 11.5 Å². The number of carbonyl (C=O) groups is 1. The highest BCUT2D eigenvalue weighted by atomic mass is 19.1. The van der Waals surface area contributed by atoms with Gasteiger partial charge in [0.05, 0.1) is 21.3 Å². The van der Waals surface area contributed by atoms with Gasteiger partial charge in [-0.1, -0.05) is 11.2 Å². The number of anilines is 1. The molecule has 150 valence electrons. The molecule has 0 saturated carbocycles. The molecule has 1 N–H and O–H groups in total. The van der Waals surface area contributed by atoms with Gasteiger partial charge in [0, 0.05) is 11.6 Å². The van der Waals surface area contributed by atoms with Gasteiger partial charge in [0.25, 0.3) is 5.91 Å². The molecule has 0 atom stereocenters. The Morgan fingerprint density at radius 1 is 1.07 bits per heavy atom. The van der Waals surface area contributed by atoms with Crippen molar-refractivity contribution in [3.8, 4) is 28.7 Å². The van der Waals surface area contributed by atoms with Crippen LogP contribution in [0.2, 0.25) is 0 Å². The number of halogens is 1. The number of methoxy groups -OCH3 is 3. The van der Waals surface area contributed by atoms with Crippen molar-refractivity contribution in [2.45, 2.75) is 0 Å². The van der Waals surface area contributed by atoms with Crippen LogP contribution in [0.25, 0.3) is 17.5 Å². The lowest BCUT2D eigenvalue weighted by Crippen LogP contribution is -2.07. The highest BCUT2D eigenvalue weighted by Crippen LogP contribution is 2.38. The number of amides is 1. The van der Waals surface area contributed by atoms with Crippen LogP contribution in [0.4, 0.5) is 10.4 Å². The van der Waals surface area contributed by atoms with Gasteiger partial charge in [0.1, 0.15) is 5.82 Å². The first-order valence-corrected chi connectivity index (χ1v) is 8.42. The number of rotatable bonds is 7. The molecule has 8 nitrogen and oxygen atoms in total. The predicted molar refractivity (Wildman–Crippen MR) is 103 cm³/mol. The Balaban J connectivity index is 1.72. The highest BCUT2D eigenvalue weighted by Gasteiger charge is 2.13. The molecule has 1 amide bonds. The standard InChI is InChI=1S/C20H18FN3O5/c1-26-15-9-12(10-16(27-2)18(15)28-3)7-8-17(25)22-20-24-23-19(29-20)13-5-4-6-14(21)11-13/h4-11H,1-3H3,(H,22,24,25)/b8-7+. The summed E-state index contributed by atoms with van der Waals surface area (Å²) in [5.41, 5.74) is 1.06. The second-order valence-electron chi connectivity index (χ2n) is 5.70. The van der Waals surface area contributed by atoms with Gasteiger partial charge >= 0.3 is 6.01 Å². The molecular formula is C20H18FN3O5. The molecule has 3 rings (SSSR count). The van der Waals surface area contributed by atoms with Crippen molar-refractivity contribution < 1.29 is 27.8 Å². The van der Waals surface area contributed by atoms with Crippen LogP contribution >= 0.6 is 0 Å². The number of benzene rings is 2. The molecule has 0 aliphatic rings. The summed E-state index contributed by atoms with van der Waals surface area (Å²) >= 11 is 0. The Bertz CT molecular complexity index is 1020. The molecule has 0 radical (unpaired) electrons. The Kier molecular flexibility index (Phi) is 6.08. The Morgan fingerprint density at radius 3 is 2.41 bits per heavy atom. The van der Waals surface area contributed by atoms with Crippen LogP contribution in [-0.4, -0.2) is 37.4 Å². The number of hydrogen-bond acceptors (Lipinski definition) is 7. The summed E-state index contributed by atoms with van der Waals surface area (Å²) in [5.74, 6) is 0.542. The topological polar surface area (TPSA) is 95.7 Å². The lowest BCUT2D eigenvalue weighted by molar-refractivity contribution is -0.112. The summed E-state index contributed by atoms with van der Waals surface area (Å²) in [6, 6.07) is 8.98. The molecule has 9 heteroatoms. The summed E-state index contributed by atoms with van der Waals surface area (Å²) in [5, 5.41) is 9.98. The van der Waals surface area contributed by atoms with Gasteiger partial charge in [0.2, 0.25) is 11.6 Å². The van der Waals surface area contributed by atoms with Gasteiger partial charge in [-0.3, -0.25) is 10.1 Å². The monoisotopic (exact) mass is 399 g/mol. The summed E-state index contributed by atoms with van der Waals surface area (Å²) in [7, 11) is 4.51. The van der Waals surface area contributed by atoms with E-state index in [2.05, 4.69) is 15.5 Å². The number of aromatic nitrogens is 2. The van der Waals surface area contributed by atoms with Gasteiger partial charge in [-0.15, -0.1) is 5.10 Å². The maximum atomic E-state index is 13.3. The maximum Gasteiger partial charge on any atom is 0.322 e. The van der Waals surface area contributed by atoms with E-state index in [0.29, 0.717) is 28.4 Å². The first kappa shape index (κ1) is 19.9. The molecule has 0 bridgehead atoms. The minimum absolute atomic E-state index is 0.0911. The van der Waals surface area contributed by atoms with Crippen LogP contribution in [0.15, 0.2) is 46.9 Å². The van der Waals surface area contributed by atoms with E-state index >= 15 is 0 Å². The van der Waals surface area contributed by atoms with Gasteiger partial charge < -0.3 is 18.6 Å². The van der Waals surface area contributed by atoms with Crippen molar-refractivity contribution in [1.29, 1.82) is 0 Å². The number of ether oxygens (including phenoxy) is 3. The zero-order valence-corrected chi connectivity index (χ0v) is 15.9. The van der Waals surface area contributed by atoms with E-state index in [0.717, 1.165) is 0 Å². The SMILES string of the molecule is COc1cc(/C=C/C(=O)Nc2nnc(-c3cccc(F)c3)o2)cc(OC)c1OC. The number of nitrogens with one attached hydrogen (secondary N) is 1. The second kappa shape index (κ2) is 8.87. The molecule has 1 heterocycles. The van der Waals surface area contributed by atoms with Crippen molar-refractivity contribution in [1.82, 2.24) is 10.2 Å². The average Bonchev–Trinajstić information content (AvgIpc) is 3.19. The fraction of sp³-hybridized carbons (Fsp3) is 0.150. The average molecular weight is 399 g/mol. The number of carbonyl (C=O) groups excluding carboxylic acids is 1. The van der Waals surface area contributed by atoms with Crippen molar-refractivity contribution >= 4 is 18.0 Å². The fourth-order valence-corrected chi connectivity index (χ4v) is 2.53. The molecule has 0 fully saturated rings. The molecule has 29 heavy (non-hydrogen) atoms. The fourth-order valence-electron chi connectivity index (χ4n) is 2.53. The lowest BCUT2D eigenvalue weighted by atomic mass is 10.1. The van der Waals surface area contributed by atoms with Crippen LogP contribution in [-0.2, 0) is 4.79 Å². The highest BCUT2D eigenvalue weighted by molar-refractivity contribution is 6.00. The second-order valence-corrected chi connectivity index (χ2v) is 5.70. The summed E-state index contributed by atoms with van der Waals surface area (Å²) in [6.45, 7) is 0. The maximum absolute atomic E-state index is 13.3. The minimum atomic E-state index is -0.492. The van der Waals surface area contributed by atoms with E-state index in [9.17, 15) is 9.18 Å². The van der Waals surface area contributed by atoms with Crippen LogP contribution in [0.3, 0.4) is 0 Å². The van der Waals surface area contributed by atoms with Crippen molar-refractivity contribution in [3.05, 3.63) is 53.9 Å². The molecule has 0 saturated heterocycles. The van der Waals surface area contributed by atoms with E-state index in [1.165, 1.54) is 45.6 Å². The molecule has 0 spiro atoms. The van der Waals surface area contributed by atoms with Crippen molar-refractivity contribution in [2.24, 2.45) is 0 Å². The zero-order valence-electron chi connectivity index (χ0n) is 15.9. The van der Waals surface area contributed by atoms with E-state index < -0.39 is 11.7 Å². The van der Waals surface area contributed by atoms with Crippen LogP contribution in [0, 0.1) is 5.82 Å². The molecule has 0 aliphatic carbocycles. The zero-order chi connectivity index (χ0) is 20.8. The van der Waals surface area contributed by atoms with Crippen LogP contribution in [0.1, 0.15) is 5.56 Å². The molecule has 0 aliphatic heterocycles. The smallest absolute Gasteiger partial charge is 0.322 e. The third-order valence-corrected chi connectivity index (χ3v) is 3.84. The van der Waals surface area contributed by atoms with Gasteiger partial charge in [-0.2, -0.15) is 0 Å². The quantitative estimate of drug-likeness (QED) is 0.607. The molecule has 3 aromatic rings. The van der Waals surface area contributed by atoms with Gasteiger partial charge in [-0.05, 0) is 42.0 Å². The molecule has 0 unspecified atom stereocenters. The van der Waals surface area contributed by atoms with Crippen molar-refractivity contribution in [2.75, 3.05) is 26.6 Å². The third-order valence-electron chi connectivity index (χ3n) is 3.84. The molecule has 1 aromatic heterocycles. The summed E-state index contributed by atoms with van der Waals surface area (Å²) < 4.78 is 34.4. The first-order valence-electron chi connectivity index (χ1n) is 8.42. The van der Waals surface area contributed by atoms with E-state index in [4.69, 9.17) is 18.6 Å². The Hall–Kier alpha value is -3.88. The number of hydrogen-bond donors (Lipinski definition) is 1. The van der Waals surface area contributed by atoms with Gasteiger partial charge in [-0.25, -0.2) is 4.39 Å². The van der Waals surface area contributed by atoms with E-state index in [-0.39, 0.29) is 11.9 Å². The van der Waals surface area contributed by atoms with Crippen LogP contribution in [0.5, 0.6) is 17.2 Å². The predicted octanol–water partition coefficient (Wildman–Crippen LogP) is 3.55. The first-order chi connectivity index (χ1) is 14.0. The van der Waals surface area contributed by atoms with Crippen molar-refractivity contribution in [3.63, 3.8) is 0 Å². The minimum Gasteiger partial charge on any atom is -0.493 e. The van der Waals surface area contributed by atoms with Crippen LogP contribution < -0.4 is 19.5 Å². The normalized spacial score (nSPS) is 10.8. The molecular weight excluding hydrogens is 381 g/mol. The van der Waals surface area contributed by atoms with E-state index in [1.807, 2.05) is 0 Å². The largest absolute Gasteiger partial charge is 0.493 e. The summed E-state index contributed by atoms with van der Waals surface area (Å²) in [6.07, 6.45) is 2.84. The molecule has 2 aromatic carbocycles. The Morgan fingerprint density at radius 2 is 1.79 bits per heavy atom. The lowest BCUT2D eigenvalue weighted by Gasteiger charge is -2.12. The van der Waals surface area contributed by atoms with E-state index in [1.54, 1.807) is 24.3 Å².